The minimum Gasteiger partial charge on any atom is -0.452 e. The third-order valence-corrected chi connectivity index (χ3v) is 3.31. The Labute approximate surface area is 133 Å². The Morgan fingerprint density at radius 1 is 1.04 bits per heavy atom. The summed E-state index contributed by atoms with van der Waals surface area (Å²) in [6.07, 6.45) is -0.374. The molecule has 0 aliphatic carbocycles. The van der Waals surface area contributed by atoms with Gasteiger partial charge in [-0.15, -0.1) is 10.2 Å². The van der Waals surface area contributed by atoms with Crippen molar-refractivity contribution in [3.63, 3.8) is 0 Å². The summed E-state index contributed by atoms with van der Waals surface area (Å²) < 4.78 is 10.9. The van der Waals surface area contributed by atoms with Gasteiger partial charge in [0.05, 0.1) is 6.42 Å². The number of hydrogen-bond acceptors (Lipinski definition) is 5. The average molecular weight is 308 g/mol. The second kappa shape index (κ2) is 6.87. The highest BCUT2D eigenvalue weighted by Crippen LogP contribution is 2.22. The second-order valence-electron chi connectivity index (χ2n) is 5.11. The molecular formula is C18H16N2O3. The summed E-state index contributed by atoms with van der Waals surface area (Å²) in [5.41, 5.74) is 1.73. The van der Waals surface area contributed by atoms with Crippen molar-refractivity contribution in [3.8, 4) is 11.5 Å². The fourth-order valence-electron chi connectivity index (χ4n) is 2.15. The lowest BCUT2D eigenvalue weighted by atomic mass is 10.1. The van der Waals surface area contributed by atoms with Crippen molar-refractivity contribution in [2.24, 2.45) is 0 Å². The van der Waals surface area contributed by atoms with E-state index in [4.69, 9.17) is 9.15 Å². The molecule has 2 aromatic carbocycles. The molecule has 3 rings (SSSR count). The van der Waals surface area contributed by atoms with Gasteiger partial charge in [0.15, 0.2) is 6.10 Å². The van der Waals surface area contributed by atoms with E-state index < -0.39 is 6.10 Å². The SMILES string of the molecule is C[C@H](OC(=O)Cc1ccccc1)c1nnc(-c2ccccc2)o1. The van der Waals surface area contributed by atoms with Crippen LogP contribution in [0.1, 0.15) is 24.5 Å². The molecular weight excluding hydrogens is 292 g/mol. The summed E-state index contributed by atoms with van der Waals surface area (Å²) >= 11 is 0. The number of aromatic nitrogens is 2. The highest BCUT2D eigenvalue weighted by atomic mass is 16.6. The first-order chi connectivity index (χ1) is 11.2. The molecule has 3 aromatic rings. The molecule has 1 atom stereocenters. The second-order valence-corrected chi connectivity index (χ2v) is 5.11. The Hall–Kier alpha value is -2.95. The summed E-state index contributed by atoms with van der Waals surface area (Å²) in [6, 6.07) is 18.9. The number of carbonyl (C=O) groups is 1. The first kappa shape index (κ1) is 15.0. The molecule has 0 fully saturated rings. The average Bonchev–Trinajstić information content (AvgIpc) is 3.06. The van der Waals surface area contributed by atoms with Crippen molar-refractivity contribution < 1.29 is 13.9 Å². The fraction of sp³-hybridized carbons (Fsp3) is 0.167. The number of ether oxygens (including phenoxy) is 1. The van der Waals surface area contributed by atoms with Crippen LogP contribution in [0.5, 0.6) is 0 Å². The molecule has 0 aliphatic rings. The van der Waals surface area contributed by atoms with Gasteiger partial charge in [0, 0.05) is 5.56 Å². The fourth-order valence-corrected chi connectivity index (χ4v) is 2.15. The van der Waals surface area contributed by atoms with Crippen molar-refractivity contribution in [2.45, 2.75) is 19.4 Å². The van der Waals surface area contributed by atoms with Crippen LogP contribution in [0.2, 0.25) is 0 Å². The van der Waals surface area contributed by atoms with Crippen molar-refractivity contribution in [1.82, 2.24) is 10.2 Å². The summed E-state index contributed by atoms with van der Waals surface area (Å²) in [5, 5.41) is 7.95. The van der Waals surface area contributed by atoms with Gasteiger partial charge in [0.1, 0.15) is 0 Å². The number of esters is 1. The van der Waals surface area contributed by atoms with E-state index in [-0.39, 0.29) is 18.3 Å². The van der Waals surface area contributed by atoms with Gasteiger partial charge in [-0.2, -0.15) is 0 Å². The zero-order valence-electron chi connectivity index (χ0n) is 12.7. The van der Waals surface area contributed by atoms with Crippen LogP contribution < -0.4 is 0 Å². The standard InChI is InChI=1S/C18H16N2O3/c1-13(22-16(21)12-14-8-4-2-5-9-14)17-19-20-18(23-17)15-10-6-3-7-11-15/h2-11,13H,12H2,1H3/t13-/m0/s1. The van der Waals surface area contributed by atoms with Crippen LogP contribution in [0.25, 0.3) is 11.5 Å². The van der Waals surface area contributed by atoms with E-state index in [1.807, 2.05) is 60.7 Å². The normalized spacial score (nSPS) is 11.9. The molecule has 1 aromatic heterocycles. The Balaban J connectivity index is 1.63. The predicted octanol–water partition coefficient (Wildman–Crippen LogP) is 3.58. The van der Waals surface area contributed by atoms with Crippen LogP contribution >= 0.6 is 0 Å². The van der Waals surface area contributed by atoms with E-state index in [9.17, 15) is 4.79 Å². The molecule has 5 heteroatoms. The highest BCUT2D eigenvalue weighted by Gasteiger charge is 2.19. The van der Waals surface area contributed by atoms with Gasteiger partial charge in [-0.1, -0.05) is 48.5 Å². The van der Waals surface area contributed by atoms with Gasteiger partial charge >= 0.3 is 5.97 Å². The smallest absolute Gasteiger partial charge is 0.311 e. The Morgan fingerprint density at radius 2 is 1.70 bits per heavy atom. The maximum Gasteiger partial charge on any atom is 0.311 e. The quantitative estimate of drug-likeness (QED) is 0.674. The maximum absolute atomic E-state index is 12.0. The Kier molecular flexibility index (Phi) is 4.47. The van der Waals surface area contributed by atoms with Crippen LogP contribution in [0.15, 0.2) is 65.1 Å². The minimum absolute atomic E-state index is 0.213. The molecule has 0 saturated carbocycles. The van der Waals surface area contributed by atoms with E-state index >= 15 is 0 Å². The molecule has 23 heavy (non-hydrogen) atoms. The van der Waals surface area contributed by atoms with Gasteiger partial charge in [0.2, 0.25) is 5.89 Å². The van der Waals surface area contributed by atoms with Crippen LogP contribution in [0.4, 0.5) is 0 Å². The summed E-state index contributed by atoms with van der Waals surface area (Å²) in [5.74, 6) is 0.361. The van der Waals surface area contributed by atoms with E-state index in [0.29, 0.717) is 5.89 Å². The lowest BCUT2D eigenvalue weighted by molar-refractivity contribution is -0.148. The van der Waals surface area contributed by atoms with Gasteiger partial charge < -0.3 is 9.15 Å². The molecule has 0 N–H and O–H groups in total. The number of hydrogen-bond donors (Lipinski definition) is 0. The van der Waals surface area contributed by atoms with Crippen molar-refractivity contribution >= 4 is 5.97 Å². The van der Waals surface area contributed by atoms with E-state index in [0.717, 1.165) is 11.1 Å². The maximum atomic E-state index is 12.0. The van der Waals surface area contributed by atoms with Crippen LogP contribution in [0.3, 0.4) is 0 Å². The molecule has 116 valence electrons. The molecule has 0 bridgehead atoms. The third-order valence-electron chi connectivity index (χ3n) is 3.31. The lowest BCUT2D eigenvalue weighted by Gasteiger charge is -2.09. The summed E-state index contributed by atoms with van der Waals surface area (Å²) in [7, 11) is 0. The predicted molar refractivity (Wildman–Crippen MR) is 84.4 cm³/mol. The largest absolute Gasteiger partial charge is 0.452 e. The number of benzene rings is 2. The zero-order valence-corrected chi connectivity index (χ0v) is 12.7. The van der Waals surface area contributed by atoms with Gasteiger partial charge in [0.25, 0.3) is 5.89 Å². The lowest BCUT2D eigenvalue weighted by Crippen LogP contribution is -2.11. The van der Waals surface area contributed by atoms with E-state index in [1.165, 1.54) is 0 Å². The minimum atomic E-state index is -0.587. The van der Waals surface area contributed by atoms with Crippen LogP contribution in [-0.4, -0.2) is 16.2 Å². The highest BCUT2D eigenvalue weighted by molar-refractivity contribution is 5.72. The summed E-state index contributed by atoms with van der Waals surface area (Å²) in [6.45, 7) is 1.71. The molecule has 0 amide bonds. The molecule has 0 spiro atoms. The summed E-state index contributed by atoms with van der Waals surface area (Å²) in [4.78, 5) is 12.0. The molecule has 0 saturated heterocycles. The Bertz CT molecular complexity index is 769. The molecule has 0 radical (unpaired) electrons. The van der Waals surface area contributed by atoms with Crippen LogP contribution in [-0.2, 0) is 16.0 Å². The Morgan fingerprint density at radius 3 is 2.39 bits per heavy atom. The number of carbonyl (C=O) groups excluding carboxylic acids is 1. The first-order valence-corrected chi connectivity index (χ1v) is 7.34. The van der Waals surface area contributed by atoms with Crippen molar-refractivity contribution in [3.05, 3.63) is 72.1 Å². The topological polar surface area (TPSA) is 65.2 Å². The van der Waals surface area contributed by atoms with Crippen LogP contribution in [0, 0.1) is 0 Å². The third kappa shape index (κ3) is 3.83. The molecule has 5 nitrogen and oxygen atoms in total. The van der Waals surface area contributed by atoms with E-state index in [2.05, 4.69) is 10.2 Å². The molecule has 1 heterocycles. The number of nitrogens with zero attached hydrogens (tertiary/aromatic N) is 2. The first-order valence-electron chi connectivity index (χ1n) is 7.34. The monoisotopic (exact) mass is 308 g/mol. The zero-order chi connectivity index (χ0) is 16.1. The van der Waals surface area contributed by atoms with E-state index in [1.54, 1.807) is 6.92 Å². The van der Waals surface area contributed by atoms with Crippen molar-refractivity contribution in [2.75, 3.05) is 0 Å². The van der Waals surface area contributed by atoms with Gasteiger partial charge in [-0.25, -0.2) is 0 Å². The van der Waals surface area contributed by atoms with Crippen molar-refractivity contribution in [1.29, 1.82) is 0 Å². The van der Waals surface area contributed by atoms with Gasteiger partial charge in [-0.3, -0.25) is 4.79 Å². The number of rotatable bonds is 5. The molecule has 0 aliphatic heterocycles. The molecule has 0 unspecified atom stereocenters. The van der Waals surface area contributed by atoms with Gasteiger partial charge in [-0.05, 0) is 24.6 Å².